The molecule has 104 valence electrons. The topological polar surface area (TPSA) is 84.7 Å². The number of carbonyl (C=O) groups excluding carboxylic acids is 1. The zero-order valence-corrected chi connectivity index (χ0v) is 11.2. The lowest BCUT2D eigenvalue weighted by atomic mass is 9.86. The maximum absolute atomic E-state index is 11.9. The largest absolute Gasteiger partial charge is 0.334 e. The molecule has 1 heterocycles. The summed E-state index contributed by atoms with van der Waals surface area (Å²) in [6.45, 7) is 2.56. The lowest BCUT2D eigenvalue weighted by Gasteiger charge is -2.22. The molecule has 1 aromatic heterocycles. The molecule has 1 unspecified atom stereocenters. The molecule has 1 spiro atoms. The summed E-state index contributed by atoms with van der Waals surface area (Å²) in [5, 5.41) is 16.9. The maximum atomic E-state index is 11.9. The Morgan fingerprint density at radius 3 is 2.95 bits per heavy atom. The van der Waals surface area contributed by atoms with E-state index >= 15 is 0 Å². The van der Waals surface area contributed by atoms with Gasteiger partial charge in [0.15, 0.2) is 0 Å². The molecule has 7 heteroatoms. The van der Waals surface area contributed by atoms with Gasteiger partial charge in [0.2, 0.25) is 0 Å². The van der Waals surface area contributed by atoms with E-state index in [0.29, 0.717) is 23.9 Å². The summed E-state index contributed by atoms with van der Waals surface area (Å²) in [6, 6.07) is 0.135. The molecule has 1 atom stereocenters. The number of aryl methyl sites for hydroxylation is 1. The van der Waals surface area contributed by atoms with Crippen LogP contribution in [0.1, 0.15) is 45.4 Å². The van der Waals surface area contributed by atoms with Gasteiger partial charge in [-0.25, -0.2) is 9.48 Å². The summed E-state index contributed by atoms with van der Waals surface area (Å²) in [7, 11) is 0. The van der Waals surface area contributed by atoms with Gasteiger partial charge in [0.05, 0.1) is 0 Å². The van der Waals surface area contributed by atoms with Crippen molar-refractivity contribution in [2.24, 2.45) is 5.41 Å². The van der Waals surface area contributed by atoms with Gasteiger partial charge in [-0.3, -0.25) is 5.32 Å². The molecule has 0 bridgehead atoms. The second-order valence-electron chi connectivity index (χ2n) is 5.60. The van der Waals surface area contributed by atoms with Crippen molar-refractivity contribution in [2.75, 3.05) is 5.32 Å². The zero-order valence-electron chi connectivity index (χ0n) is 11.2. The first-order valence-electron chi connectivity index (χ1n) is 7.07. The van der Waals surface area contributed by atoms with Gasteiger partial charge in [-0.1, -0.05) is 24.4 Å². The molecule has 3 rings (SSSR count). The van der Waals surface area contributed by atoms with Crippen molar-refractivity contribution in [3.05, 3.63) is 0 Å². The second-order valence-corrected chi connectivity index (χ2v) is 5.60. The number of rotatable bonds is 3. The molecule has 2 N–H and O–H groups in total. The van der Waals surface area contributed by atoms with E-state index in [0.717, 1.165) is 6.42 Å². The fourth-order valence-electron chi connectivity index (χ4n) is 3.16. The van der Waals surface area contributed by atoms with Crippen LogP contribution in [0.3, 0.4) is 0 Å². The first-order valence-corrected chi connectivity index (χ1v) is 7.07. The summed E-state index contributed by atoms with van der Waals surface area (Å²) in [5.74, 6) is 0.401. The van der Waals surface area contributed by atoms with Crippen molar-refractivity contribution in [3.63, 3.8) is 0 Å². The molecule has 19 heavy (non-hydrogen) atoms. The van der Waals surface area contributed by atoms with Gasteiger partial charge in [0.1, 0.15) is 0 Å². The standard InChI is InChI=1S/C12H20N6O/c1-2-18-10(15-16-17-18)14-11(19)13-9-8-12(9)6-4-3-5-7-12/h9H,2-8H2,1H3,(H2,13,14,15,17,19). The Balaban J connectivity index is 1.53. The average Bonchev–Trinajstić information content (AvgIpc) is 2.87. The molecule has 0 aromatic carbocycles. The summed E-state index contributed by atoms with van der Waals surface area (Å²) in [5.41, 5.74) is 0.395. The average molecular weight is 264 g/mol. The number of carbonyl (C=O) groups is 1. The number of tetrazole rings is 1. The minimum atomic E-state index is -0.197. The molecular formula is C12H20N6O. The number of hydrogen-bond donors (Lipinski definition) is 2. The van der Waals surface area contributed by atoms with E-state index in [-0.39, 0.29) is 6.03 Å². The van der Waals surface area contributed by atoms with E-state index in [1.54, 1.807) is 4.68 Å². The van der Waals surface area contributed by atoms with Crippen molar-refractivity contribution >= 4 is 12.0 Å². The highest BCUT2D eigenvalue weighted by Crippen LogP contribution is 2.56. The Labute approximate surface area is 112 Å². The lowest BCUT2D eigenvalue weighted by Crippen LogP contribution is -2.35. The summed E-state index contributed by atoms with van der Waals surface area (Å²) in [6.07, 6.45) is 7.57. The van der Waals surface area contributed by atoms with Crippen LogP contribution < -0.4 is 10.6 Å². The van der Waals surface area contributed by atoms with Crippen molar-refractivity contribution in [3.8, 4) is 0 Å². The van der Waals surface area contributed by atoms with Gasteiger partial charge in [0, 0.05) is 12.6 Å². The van der Waals surface area contributed by atoms with E-state index < -0.39 is 0 Å². The van der Waals surface area contributed by atoms with E-state index in [1.807, 2.05) is 6.92 Å². The molecule has 2 aliphatic carbocycles. The van der Waals surface area contributed by atoms with Crippen molar-refractivity contribution in [1.29, 1.82) is 0 Å². The predicted octanol–water partition coefficient (Wildman–Crippen LogP) is 1.54. The number of hydrogen-bond acceptors (Lipinski definition) is 4. The molecular weight excluding hydrogens is 244 g/mol. The highest BCUT2D eigenvalue weighted by molar-refractivity contribution is 5.87. The van der Waals surface area contributed by atoms with Crippen LogP contribution in [0.25, 0.3) is 0 Å². The number of amides is 2. The van der Waals surface area contributed by atoms with Crippen LogP contribution in [0.15, 0.2) is 0 Å². The van der Waals surface area contributed by atoms with Gasteiger partial charge in [-0.2, -0.15) is 0 Å². The van der Waals surface area contributed by atoms with Crippen LogP contribution in [0.5, 0.6) is 0 Å². The van der Waals surface area contributed by atoms with E-state index in [4.69, 9.17) is 0 Å². The number of nitrogens with zero attached hydrogens (tertiary/aromatic N) is 4. The van der Waals surface area contributed by atoms with Gasteiger partial charge in [-0.15, -0.1) is 0 Å². The minimum absolute atomic E-state index is 0.197. The third-order valence-electron chi connectivity index (χ3n) is 4.40. The number of anilines is 1. The number of nitrogens with one attached hydrogen (secondary N) is 2. The second kappa shape index (κ2) is 4.79. The lowest BCUT2D eigenvalue weighted by molar-refractivity contribution is 0.246. The minimum Gasteiger partial charge on any atom is -0.334 e. The van der Waals surface area contributed by atoms with Crippen LogP contribution in [0, 0.1) is 5.41 Å². The van der Waals surface area contributed by atoms with Gasteiger partial charge in [-0.05, 0) is 42.0 Å². The van der Waals surface area contributed by atoms with E-state index in [1.165, 1.54) is 32.1 Å². The zero-order chi connectivity index (χ0) is 13.3. The molecule has 0 aliphatic heterocycles. The fourth-order valence-corrected chi connectivity index (χ4v) is 3.16. The van der Waals surface area contributed by atoms with Crippen LogP contribution in [-0.2, 0) is 6.54 Å². The molecule has 2 fully saturated rings. The van der Waals surface area contributed by atoms with Crippen LogP contribution in [-0.4, -0.2) is 32.3 Å². The van der Waals surface area contributed by atoms with E-state index in [9.17, 15) is 4.79 Å². The van der Waals surface area contributed by atoms with Crippen LogP contribution >= 0.6 is 0 Å². The number of aromatic nitrogens is 4. The molecule has 2 saturated carbocycles. The normalized spacial score (nSPS) is 24.2. The first-order chi connectivity index (χ1) is 9.23. The third kappa shape index (κ3) is 2.41. The maximum Gasteiger partial charge on any atom is 0.321 e. The number of urea groups is 1. The molecule has 7 nitrogen and oxygen atoms in total. The first kappa shape index (κ1) is 12.4. The quantitative estimate of drug-likeness (QED) is 0.867. The van der Waals surface area contributed by atoms with Gasteiger partial charge < -0.3 is 5.32 Å². The molecule has 2 amide bonds. The summed E-state index contributed by atoms with van der Waals surface area (Å²) in [4.78, 5) is 11.9. The summed E-state index contributed by atoms with van der Waals surface area (Å²) >= 11 is 0. The molecule has 2 aliphatic rings. The molecule has 1 aromatic rings. The van der Waals surface area contributed by atoms with Crippen molar-refractivity contribution < 1.29 is 4.79 Å². The van der Waals surface area contributed by atoms with Crippen molar-refractivity contribution in [1.82, 2.24) is 25.5 Å². The SMILES string of the molecule is CCn1nnnc1NC(=O)NC1CC12CCCCC2. The van der Waals surface area contributed by atoms with Crippen LogP contribution in [0.4, 0.5) is 10.7 Å². The summed E-state index contributed by atoms with van der Waals surface area (Å²) < 4.78 is 1.56. The Morgan fingerprint density at radius 1 is 1.42 bits per heavy atom. The van der Waals surface area contributed by atoms with Crippen molar-refractivity contribution in [2.45, 2.75) is 58.0 Å². The Hall–Kier alpha value is -1.66. The Morgan fingerprint density at radius 2 is 2.21 bits per heavy atom. The highest BCUT2D eigenvalue weighted by Gasteiger charge is 2.54. The highest BCUT2D eigenvalue weighted by atomic mass is 16.2. The van der Waals surface area contributed by atoms with E-state index in [2.05, 4.69) is 26.2 Å². The smallest absolute Gasteiger partial charge is 0.321 e. The molecule has 0 saturated heterocycles. The Kier molecular flexibility index (Phi) is 3.12. The van der Waals surface area contributed by atoms with Crippen LogP contribution in [0.2, 0.25) is 0 Å². The monoisotopic (exact) mass is 264 g/mol. The Bertz CT molecular complexity index is 465. The van der Waals surface area contributed by atoms with Gasteiger partial charge >= 0.3 is 6.03 Å². The third-order valence-corrected chi connectivity index (χ3v) is 4.40. The fraction of sp³-hybridized carbons (Fsp3) is 0.833. The van der Waals surface area contributed by atoms with Gasteiger partial charge in [0.25, 0.3) is 5.95 Å². The predicted molar refractivity (Wildman–Crippen MR) is 69.6 cm³/mol. The molecule has 0 radical (unpaired) electrons.